The van der Waals surface area contributed by atoms with Crippen LogP contribution < -0.4 is 0 Å². The van der Waals surface area contributed by atoms with Crippen LogP contribution in [0, 0.1) is 5.92 Å². The lowest BCUT2D eigenvalue weighted by atomic mass is 9.92. The molecule has 2 saturated heterocycles. The van der Waals surface area contributed by atoms with Crippen molar-refractivity contribution in [2.75, 3.05) is 46.4 Å². The predicted molar refractivity (Wildman–Crippen MR) is 80.7 cm³/mol. The van der Waals surface area contributed by atoms with E-state index in [1.807, 2.05) is 4.90 Å². The largest absolute Gasteiger partial charge is 0.375 e. The third-order valence-corrected chi connectivity index (χ3v) is 4.77. The Kier molecular flexibility index (Phi) is 6.80. The molecular formula is C16H30N2O2. The van der Waals surface area contributed by atoms with Gasteiger partial charge in [-0.3, -0.25) is 4.79 Å². The van der Waals surface area contributed by atoms with E-state index < -0.39 is 0 Å². The molecule has 0 aromatic carbocycles. The van der Waals surface area contributed by atoms with Gasteiger partial charge in [-0.05, 0) is 64.1 Å². The van der Waals surface area contributed by atoms with E-state index in [1.54, 1.807) is 7.11 Å². The standard InChI is InChI=1S/C16H30N2O2/c1-20-14-16(19)18-12-7-15(8-13-18)6-5-11-17-9-3-2-4-10-17/h15H,2-14H2,1H3. The van der Waals surface area contributed by atoms with Crippen LogP contribution >= 0.6 is 0 Å². The molecule has 0 radical (unpaired) electrons. The van der Waals surface area contributed by atoms with E-state index in [9.17, 15) is 4.79 Å². The molecule has 2 heterocycles. The molecule has 2 aliphatic heterocycles. The number of ether oxygens (including phenoxy) is 1. The van der Waals surface area contributed by atoms with Crippen molar-refractivity contribution in [2.45, 2.75) is 44.9 Å². The second-order valence-corrected chi connectivity index (χ2v) is 6.30. The summed E-state index contributed by atoms with van der Waals surface area (Å²) in [5, 5.41) is 0. The van der Waals surface area contributed by atoms with Crippen LogP contribution in [0.4, 0.5) is 0 Å². The second-order valence-electron chi connectivity index (χ2n) is 6.30. The summed E-state index contributed by atoms with van der Waals surface area (Å²) < 4.78 is 4.92. The molecule has 2 rings (SSSR count). The van der Waals surface area contributed by atoms with Crippen molar-refractivity contribution in [1.82, 2.24) is 9.80 Å². The van der Waals surface area contributed by atoms with Gasteiger partial charge in [0.2, 0.25) is 5.91 Å². The molecule has 20 heavy (non-hydrogen) atoms. The number of carbonyl (C=O) groups excluding carboxylic acids is 1. The summed E-state index contributed by atoms with van der Waals surface area (Å²) in [6.07, 6.45) is 9.22. The molecule has 0 atom stereocenters. The maximum atomic E-state index is 11.7. The van der Waals surface area contributed by atoms with Gasteiger partial charge in [-0.15, -0.1) is 0 Å². The topological polar surface area (TPSA) is 32.8 Å². The molecule has 0 aliphatic carbocycles. The van der Waals surface area contributed by atoms with Crippen LogP contribution in [-0.4, -0.2) is 62.1 Å². The van der Waals surface area contributed by atoms with E-state index in [2.05, 4.69) is 4.90 Å². The van der Waals surface area contributed by atoms with Crippen molar-refractivity contribution in [3.8, 4) is 0 Å². The fourth-order valence-electron chi connectivity index (χ4n) is 3.47. The number of nitrogens with zero attached hydrogens (tertiary/aromatic N) is 2. The number of hydrogen-bond donors (Lipinski definition) is 0. The zero-order valence-corrected chi connectivity index (χ0v) is 13.0. The Morgan fingerprint density at radius 1 is 1.10 bits per heavy atom. The van der Waals surface area contributed by atoms with Gasteiger partial charge in [-0.25, -0.2) is 0 Å². The van der Waals surface area contributed by atoms with Gasteiger partial charge in [0.05, 0.1) is 0 Å². The smallest absolute Gasteiger partial charge is 0.248 e. The van der Waals surface area contributed by atoms with E-state index in [0.717, 1.165) is 19.0 Å². The first-order valence-corrected chi connectivity index (χ1v) is 8.28. The van der Waals surface area contributed by atoms with Crippen LogP contribution in [0.3, 0.4) is 0 Å². The minimum absolute atomic E-state index is 0.152. The summed E-state index contributed by atoms with van der Waals surface area (Å²) >= 11 is 0. The number of likely N-dealkylation sites (tertiary alicyclic amines) is 2. The summed E-state index contributed by atoms with van der Waals surface area (Å²) in [7, 11) is 1.59. The SMILES string of the molecule is COCC(=O)N1CCC(CCCN2CCCCC2)CC1. The summed E-state index contributed by atoms with van der Waals surface area (Å²) in [4.78, 5) is 16.3. The summed E-state index contributed by atoms with van der Waals surface area (Å²) in [5.41, 5.74) is 0. The maximum absolute atomic E-state index is 11.7. The fraction of sp³-hybridized carbons (Fsp3) is 0.938. The summed E-state index contributed by atoms with van der Waals surface area (Å²) in [6, 6.07) is 0. The lowest BCUT2D eigenvalue weighted by Crippen LogP contribution is -2.40. The van der Waals surface area contributed by atoms with Crippen molar-refractivity contribution >= 4 is 5.91 Å². The van der Waals surface area contributed by atoms with Crippen LogP contribution in [-0.2, 0) is 9.53 Å². The van der Waals surface area contributed by atoms with Gasteiger partial charge in [0.1, 0.15) is 6.61 Å². The number of amides is 1. The number of carbonyl (C=O) groups is 1. The Hall–Kier alpha value is -0.610. The zero-order chi connectivity index (χ0) is 14.2. The highest BCUT2D eigenvalue weighted by Gasteiger charge is 2.22. The first kappa shape index (κ1) is 15.8. The van der Waals surface area contributed by atoms with Crippen LogP contribution in [0.25, 0.3) is 0 Å². The average molecular weight is 282 g/mol. The molecule has 116 valence electrons. The molecule has 4 nitrogen and oxygen atoms in total. The number of hydrogen-bond acceptors (Lipinski definition) is 3. The number of piperidine rings is 2. The Morgan fingerprint density at radius 3 is 2.45 bits per heavy atom. The predicted octanol–water partition coefficient (Wildman–Crippen LogP) is 2.14. The number of methoxy groups -OCH3 is 1. The first-order chi connectivity index (χ1) is 9.79. The third kappa shape index (κ3) is 5.06. The van der Waals surface area contributed by atoms with E-state index in [-0.39, 0.29) is 12.5 Å². The van der Waals surface area contributed by atoms with Crippen molar-refractivity contribution < 1.29 is 9.53 Å². The van der Waals surface area contributed by atoms with Crippen LogP contribution in [0.1, 0.15) is 44.9 Å². The maximum Gasteiger partial charge on any atom is 0.248 e. The highest BCUT2D eigenvalue weighted by Crippen LogP contribution is 2.22. The second kappa shape index (κ2) is 8.63. The van der Waals surface area contributed by atoms with Gasteiger partial charge in [-0.2, -0.15) is 0 Å². The molecule has 0 spiro atoms. The van der Waals surface area contributed by atoms with E-state index in [0.29, 0.717) is 0 Å². The van der Waals surface area contributed by atoms with Crippen molar-refractivity contribution in [1.29, 1.82) is 0 Å². The zero-order valence-electron chi connectivity index (χ0n) is 13.0. The van der Waals surface area contributed by atoms with E-state index in [4.69, 9.17) is 4.74 Å². The fourth-order valence-corrected chi connectivity index (χ4v) is 3.47. The van der Waals surface area contributed by atoms with Gasteiger partial charge in [0, 0.05) is 20.2 Å². The van der Waals surface area contributed by atoms with Gasteiger partial charge >= 0.3 is 0 Å². The van der Waals surface area contributed by atoms with Crippen molar-refractivity contribution in [3.63, 3.8) is 0 Å². The average Bonchev–Trinajstić information content (AvgIpc) is 2.49. The van der Waals surface area contributed by atoms with Gasteiger partial charge in [0.15, 0.2) is 0 Å². The normalized spacial score (nSPS) is 22.1. The molecule has 0 saturated carbocycles. The third-order valence-electron chi connectivity index (χ3n) is 4.77. The molecule has 0 bridgehead atoms. The van der Waals surface area contributed by atoms with E-state index >= 15 is 0 Å². The Balaban J connectivity index is 1.56. The minimum atomic E-state index is 0.152. The van der Waals surface area contributed by atoms with Gasteiger partial charge in [0.25, 0.3) is 0 Å². The lowest BCUT2D eigenvalue weighted by molar-refractivity contribution is -0.136. The minimum Gasteiger partial charge on any atom is -0.375 e. The summed E-state index contributed by atoms with van der Waals surface area (Å²) in [6.45, 7) is 5.99. The highest BCUT2D eigenvalue weighted by molar-refractivity contribution is 5.77. The quantitative estimate of drug-likeness (QED) is 0.748. The van der Waals surface area contributed by atoms with Crippen LogP contribution in [0.2, 0.25) is 0 Å². The summed E-state index contributed by atoms with van der Waals surface area (Å²) in [5.74, 6) is 0.977. The molecule has 0 aromatic heterocycles. The first-order valence-electron chi connectivity index (χ1n) is 8.28. The molecule has 2 fully saturated rings. The molecule has 2 aliphatic rings. The molecule has 0 aromatic rings. The monoisotopic (exact) mass is 282 g/mol. The number of rotatable bonds is 6. The van der Waals surface area contributed by atoms with Crippen LogP contribution in [0.5, 0.6) is 0 Å². The van der Waals surface area contributed by atoms with E-state index in [1.165, 1.54) is 64.6 Å². The Morgan fingerprint density at radius 2 is 1.80 bits per heavy atom. The molecular weight excluding hydrogens is 252 g/mol. The molecule has 0 unspecified atom stereocenters. The van der Waals surface area contributed by atoms with Crippen molar-refractivity contribution in [2.24, 2.45) is 5.92 Å². The van der Waals surface area contributed by atoms with Crippen LogP contribution in [0.15, 0.2) is 0 Å². The highest BCUT2D eigenvalue weighted by atomic mass is 16.5. The lowest BCUT2D eigenvalue weighted by Gasteiger charge is -2.32. The molecule has 4 heteroatoms. The Bertz CT molecular complexity index is 282. The molecule has 0 N–H and O–H groups in total. The Labute approximate surface area is 123 Å². The van der Waals surface area contributed by atoms with Gasteiger partial charge in [-0.1, -0.05) is 6.42 Å². The van der Waals surface area contributed by atoms with Gasteiger partial charge < -0.3 is 14.5 Å². The van der Waals surface area contributed by atoms with Crippen molar-refractivity contribution in [3.05, 3.63) is 0 Å². The molecule has 1 amide bonds.